The van der Waals surface area contributed by atoms with E-state index in [-0.39, 0.29) is 16.9 Å². The van der Waals surface area contributed by atoms with E-state index in [2.05, 4.69) is 4.98 Å². The van der Waals surface area contributed by atoms with Gasteiger partial charge in [0.05, 0.1) is 17.5 Å². The fourth-order valence-electron chi connectivity index (χ4n) is 2.24. The summed E-state index contributed by atoms with van der Waals surface area (Å²) in [7, 11) is -4.49. The van der Waals surface area contributed by atoms with E-state index in [4.69, 9.17) is 39.5 Å². The maximum Gasteiger partial charge on any atom is 0.390 e. The van der Waals surface area contributed by atoms with Crippen LogP contribution in [0.1, 0.15) is 30.8 Å². The van der Waals surface area contributed by atoms with Gasteiger partial charge in [-0.2, -0.15) is 13.2 Å². The number of carbonyl (C=O) groups is 1. The monoisotopic (exact) mass is 507 g/mol. The molecular weight excluding hydrogens is 494 g/mol. The van der Waals surface area contributed by atoms with Gasteiger partial charge in [0, 0.05) is 12.6 Å². The van der Waals surface area contributed by atoms with Crippen molar-refractivity contribution in [2.75, 3.05) is 0 Å². The topological polar surface area (TPSA) is 90.3 Å². The summed E-state index contributed by atoms with van der Waals surface area (Å²) >= 11 is 17.6. The molecule has 1 heterocycles. The normalized spacial score (nSPS) is 12.3. The molecule has 0 atom stereocenters. The van der Waals surface area contributed by atoms with Crippen molar-refractivity contribution in [2.45, 2.75) is 44.0 Å². The van der Waals surface area contributed by atoms with Gasteiger partial charge < -0.3 is 9.30 Å². The number of nitrogens with one attached hydrogen (secondary N) is 1. The number of aromatic nitrogens is 2. The summed E-state index contributed by atoms with van der Waals surface area (Å²) in [5.41, 5.74) is -0.655. The fourth-order valence-corrected chi connectivity index (χ4v) is 4.30. The van der Waals surface area contributed by atoms with Gasteiger partial charge in [-0.05, 0) is 37.6 Å². The zero-order valence-corrected chi connectivity index (χ0v) is 18.5. The van der Waals surface area contributed by atoms with Crippen molar-refractivity contribution < 1.29 is 31.1 Å². The van der Waals surface area contributed by atoms with Crippen LogP contribution in [0.4, 0.5) is 13.2 Å². The quantitative estimate of drug-likeness (QED) is 0.585. The molecule has 0 saturated carbocycles. The zero-order chi connectivity index (χ0) is 22.9. The van der Waals surface area contributed by atoms with Gasteiger partial charge in [-0.1, -0.05) is 23.2 Å². The molecule has 166 valence electrons. The maximum atomic E-state index is 12.6. The molecule has 2 rings (SSSR count). The van der Waals surface area contributed by atoms with E-state index in [1.807, 2.05) is 0 Å². The summed E-state index contributed by atoms with van der Waals surface area (Å²) in [6, 6.07) is 3.84. The number of hydrogen-bond donors (Lipinski definition) is 1. The lowest BCUT2D eigenvalue weighted by Crippen LogP contribution is -2.31. The summed E-state index contributed by atoms with van der Waals surface area (Å²) in [5, 5.41) is -1.23. The third-order valence-corrected chi connectivity index (χ3v) is 5.97. The van der Waals surface area contributed by atoms with E-state index in [1.165, 1.54) is 12.1 Å². The zero-order valence-electron chi connectivity index (χ0n) is 15.4. The first-order valence-electron chi connectivity index (χ1n) is 8.23. The van der Waals surface area contributed by atoms with Crippen LogP contribution in [0, 0.1) is 0 Å². The number of nitrogens with zero attached hydrogens (tertiary/aromatic N) is 2. The summed E-state index contributed by atoms with van der Waals surface area (Å²) in [6.45, 7) is 2.76. The molecule has 0 aliphatic carbocycles. The largest absolute Gasteiger partial charge is 0.491 e. The SMILES string of the molecule is CC(C)Oc1ccc(Cl)c(S(=O)(=O)NC(=O)c2nc(Cl)n(CCC(F)(F)F)c2Cl)c1. The molecule has 0 aliphatic rings. The minimum Gasteiger partial charge on any atom is -0.491 e. The Bertz CT molecular complexity index is 1060. The summed E-state index contributed by atoms with van der Waals surface area (Å²) in [5.74, 6) is -1.10. The molecule has 14 heteroatoms. The lowest BCUT2D eigenvalue weighted by molar-refractivity contribution is -0.136. The second-order valence-electron chi connectivity index (χ2n) is 6.23. The Kier molecular flexibility index (Phi) is 7.54. The first-order chi connectivity index (χ1) is 13.7. The van der Waals surface area contributed by atoms with Gasteiger partial charge in [-0.25, -0.2) is 18.1 Å². The minimum atomic E-state index is -4.50. The van der Waals surface area contributed by atoms with Crippen molar-refractivity contribution in [3.63, 3.8) is 0 Å². The molecule has 30 heavy (non-hydrogen) atoms. The van der Waals surface area contributed by atoms with Crippen LogP contribution in [0.2, 0.25) is 15.5 Å². The number of hydrogen-bond acceptors (Lipinski definition) is 5. The Labute approximate surface area is 185 Å². The molecule has 2 aromatic rings. The molecular formula is C16H15Cl3F3N3O4S. The van der Waals surface area contributed by atoms with Gasteiger partial charge in [0.2, 0.25) is 5.28 Å². The van der Waals surface area contributed by atoms with E-state index in [0.29, 0.717) is 0 Å². The van der Waals surface area contributed by atoms with Crippen molar-refractivity contribution in [1.82, 2.24) is 14.3 Å². The van der Waals surface area contributed by atoms with Gasteiger partial charge in [0.15, 0.2) is 5.69 Å². The average molecular weight is 509 g/mol. The second-order valence-corrected chi connectivity index (χ2v) is 8.98. The Hall–Kier alpha value is -1.69. The predicted molar refractivity (Wildman–Crippen MR) is 105 cm³/mol. The number of amides is 1. The van der Waals surface area contributed by atoms with Crippen molar-refractivity contribution >= 4 is 50.7 Å². The first kappa shape index (κ1) is 24.6. The Morgan fingerprint density at radius 2 is 1.90 bits per heavy atom. The van der Waals surface area contributed by atoms with E-state index in [0.717, 1.165) is 10.6 Å². The Balaban J connectivity index is 2.29. The Morgan fingerprint density at radius 3 is 2.47 bits per heavy atom. The number of halogens is 6. The molecule has 0 saturated heterocycles. The third-order valence-electron chi connectivity index (χ3n) is 3.48. The molecule has 0 unspecified atom stereocenters. The fraction of sp³-hybridized carbons (Fsp3) is 0.375. The molecule has 1 N–H and O–H groups in total. The molecule has 7 nitrogen and oxygen atoms in total. The maximum absolute atomic E-state index is 12.6. The number of alkyl halides is 3. The lowest BCUT2D eigenvalue weighted by atomic mass is 10.3. The molecule has 0 fully saturated rings. The summed E-state index contributed by atoms with van der Waals surface area (Å²) in [6.07, 6.45) is -6.03. The molecule has 0 spiro atoms. The number of rotatable bonds is 7. The van der Waals surface area contributed by atoms with Gasteiger partial charge in [0.25, 0.3) is 15.9 Å². The van der Waals surface area contributed by atoms with Crippen LogP contribution < -0.4 is 9.46 Å². The third kappa shape index (κ3) is 6.16. The molecule has 0 aliphatic heterocycles. The lowest BCUT2D eigenvalue weighted by Gasteiger charge is -2.13. The molecule has 1 aromatic heterocycles. The van der Waals surface area contributed by atoms with Crippen LogP contribution in [-0.4, -0.2) is 36.2 Å². The van der Waals surface area contributed by atoms with E-state index >= 15 is 0 Å². The summed E-state index contributed by atoms with van der Waals surface area (Å²) < 4.78 is 70.4. The standard InChI is InChI=1S/C16H15Cl3F3N3O4S/c1-8(2)29-9-3-4-10(17)11(7-9)30(27,28)24-14(26)12-13(18)25(15(19)23-12)6-5-16(20,21)22/h3-4,7-8H,5-6H2,1-2H3,(H,24,26). The van der Waals surface area contributed by atoms with Crippen LogP contribution in [0.3, 0.4) is 0 Å². The van der Waals surface area contributed by atoms with Crippen molar-refractivity contribution in [3.8, 4) is 5.75 Å². The van der Waals surface area contributed by atoms with Gasteiger partial charge in [0.1, 0.15) is 15.8 Å². The Morgan fingerprint density at radius 1 is 1.27 bits per heavy atom. The number of carbonyl (C=O) groups excluding carboxylic acids is 1. The van der Waals surface area contributed by atoms with E-state index < -0.39 is 56.1 Å². The molecule has 1 amide bonds. The number of imidazole rings is 1. The van der Waals surface area contributed by atoms with Crippen LogP contribution >= 0.6 is 34.8 Å². The molecule has 1 aromatic carbocycles. The van der Waals surface area contributed by atoms with Crippen molar-refractivity contribution in [3.05, 3.63) is 39.4 Å². The highest BCUT2D eigenvalue weighted by Crippen LogP contribution is 2.29. The second kappa shape index (κ2) is 9.21. The van der Waals surface area contributed by atoms with Crippen LogP contribution in [0.15, 0.2) is 23.1 Å². The van der Waals surface area contributed by atoms with Crippen LogP contribution in [-0.2, 0) is 16.6 Å². The molecule has 0 radical (unpaired) electrons. The highest BCUT2D eigenvalue weighted by Gasteiger charge is 2.30. The van der Waals surface area contributed by atoms with E-state index in [9.17, 15) is 26.4 Å². The predicted octanol–water partition coefficient (Wildman–Crippen LogP) is 4.70. The van der Waals surface area contributed by atoms with Crippen LogP contribution in [0.5, 0.6) is 5.75 Å². The van der Waals surface area contributed by atoms with E-state index in [1.54, 1.807) is 18.6 Å². The average Bonchev–Trinajstić information content (AvgIpc) is 2.87. The first-order valence-corrected chi connectivity index (χ1v) is 10.8. The summed E-state index contributed by atoms with van der Waals surface area (Å²) in [4.78, 5) is 15.5. The molecule has 0 bridgehead atoms. The minimum absolute atomic E-state index is 0.189. The van der Waals surface area contributed by atoms with Crippen molar-refractivity contribution in [1.29, 1.82) is 0 Å². The number of benzene rings is 1. The van der Waals surface area contributed by atoms with Gasteiger partial charge in [-0.3, -0.25) is 4.79 Å². The number of sulfonamides is 1. The van der Waals surface area contributed by atoms with Gasteiger partial charge >= 0.3 is 6.18 Å². The van der Waals surface area contributed by atoms with Crippen molar-refractivity contribution in [2.24, 2.45) is 0 Å². The smallest absolute Gasteiger partial charge is 0.390 e. The highest BCUT2D eigenvalue weighted by molar-refractivity contribution is 7.90. The highest BCUT2D eigenvalue weighted by atomic mass is 35.5. The van der Waals surface area contributed by atoms with Crippen LogP contribution in [0.25, 0.3) is 0 Å². The number of ether oxygens (including phenoxy) is 1. The van der Waals surface area contributed by atoms with Gasteiger partial charge in [-0.15, -0.1) is 0 Å².